The number of aromatic nitrogens is 2. The summed E-state index contributed by atoms with van der Waals surface area (Å²) in [5, 5.41) is 17.2. The molecule has 1 aromatic rings. The van der Waals surface area contributed by atoms with Crippen LogP contribution in [-0.4, -0.2) is 26.6 Å². The largest absolute Gasteiger partial charge is 0.409 e. The molecule has 0 aliphatic carbocycles. The highest BCUT2D eigenvalue weighted by atomic mass is 32.2. The van der Waals surface area contributed by atoms with Gasteiger partial charge in [-0.15, -0.1) is 11.8 Å². The van der Waals surface area contributed by atoms with Crippen LogP contribution in [0.3, 0.4) is 0 Å². The minimum absolute atomic E-state index is 0.277. The van der Waals surface area contributed by atoms with E-state index in [0.717, 1.165) is 22.9 Å². The summed E-state index contributed by atoms with van der Waals surface area (Å²) in [7, 11) is 1.93. The molecule has 0 aliphatic heterocycles. The summed E-state index contributed by atoms with van der Waals surface area (Å²) >= 11 is 1.73. The van der Waals surface area contributed by atoms with Crippen LogP contribution in [-0.2, 0) is 7.05 Å². The molecule has 0 unspecified atom stereocenters. The molecule has 0 saturated carbocycles. The van der Waals surface area contributed by atoms with Crippen molar-refractivity contribution in [3.05, 3.63) is 11.8 Å². The van der Waals surface area contributed by atoms with E-state index in [4.69, 9.17) is 10.9 Å². The third kappa shape index (κ3) is 3.66. The summed E-state index contributed by atoms with van der Waals surface area (Å²) in [6.45, 7) is 5.92. The van der Waals surface area contributed by atoms with Crippen LogP contribution in [0.1, 0.15) is 26.0 Å². The molecule has 5 nitrogen and oxygen atoms in total. The molecule has 0 aromatic carbocycles. The molecule has 6 heteroatoms. The van der Waals surface area contributed by atoms with Crippen LogP contribution in [0.4, 0.5) is 0 Å². The Kier molecular flexibility index (Phi) is 4.45. The molecule has 0 bridgehead atoms. The van der Waals surface area contributed by atoms with Crippen molar-refractivity contribution in [2.75, 3.05) is 5.75 Å². The van der Waals surface area contributed by atoms with Crippen LogP contribution in [0.25, 0.3) is 0 Å². The minimum atomic E-state index is -0.282. The average molecular weight is 256 g/mol. The van der Waals surface area contributed by atoms with E-state index in [2.05, 4.69) is 16.3 Å². The number of rotatable bonds is 5. The molecule has 96 valence electrons. The zero-order chi connectivity index (χ0) is 13.1. The van der Waals surface area contributed by atoms with E-state index in [1.165, 1.54) is 0 Å². The lowest BCUT2D eigenvalue weighted by Gasteiger charge is -2.22. The molecule has 1 rings (SSSR count). The fourth-order valence-corrected chi connectivity index (χ4v) is 2.70. The monoisotopic (exact) mass is 256 g/mol. The SMILES string of the molecule is Cc1cc(SCCC(C)(C)C(N)=NO)n(C)n1. The van der Waals surface area contributed by atoms with Crippen LogP contribution in [0.2, 0.25) is 0 Å². The van der Waals surface area contributed by atoms with Crippen molar-refractivity contribution in [2.24, 2.45) is 23.4 Å². The molecule has 0 saturated heterocycles. The van der Waals surface area contributed by atoms with Crippen molar-refractivity contribution in [1.82, 2.24) is 9.78 Å². The van der Waals surface area contributed by atoms with Gasteiger partial charge in [0.15, 0.2) is 0 Å². The maximum Gasteiger partial charge on any atom is 0.144 e. The van der Waals surface area contributed by atoms with Gasteiger partial charge in [-0.2, -0.15) is 5.10 Å². The Hall–Kier alpha value is -1.17. The van der Waals surface area contributed by atoms with Crippen molar-refractivity contribution in [3.8, 4) is 0 Å². The fourth-order valence-electron chi connectivity index (χ4n) is 1.40. The van der Waals surface area contributed by atoms with Crippen molar-refractivity contribution < 1.29 is 5.21 Å². The van der Waals surface area contributed by atoms with Crippen molar-refractivity contribution in [2.45, 2.75) is 32.2 Å². The molecule has 1 aromatic heterocycles. The third-order valence-corrected chi connectivity index (χ3v) is 3.82. The van der Waals surface area contributed by atoms with Crippen LogP contribution in [0.5, 0.6) is 0 Å². The van der Waals surface area contributed by atoms with E-state index in [0.29, 0.717) is 0 Å². The van der Waals surface area contributed by atoms with Crippen LogP contribution >= 0.6 is 11.8 Å². The fraction of sp³-hybridized carbons (Fsp3) is 0.636. The summed E-state index contributed by atoms with van der Waals surface area (Å²) < 4.78 is 1.87. The van der Waals surface area contributed by atoms with Crippen molar-refractivity contribution in [1.29, 1.82) is 0 Å². The number of aryl methyl sites for hydroxylation is 2. The topological polar surface area (TPSA) is 76.4 Å². The number of hydrogen-bond donors (Lipinski definition) is 2. The molecule has 17 heavy (non-hydrogen) atoms. The van der Waals surface area contributed by atoms with Gasteiger partial charge in [0, 0.05) is 18.2 Å². The maximum atomic E-state index is 8.68. The lowest BCUT2D eigenvalue weighted by molar-refractivity contribution is 0.307. The van der Waals surface area contributed by atoms with Crippen LogP contribution in [0.15, 0.2) is 16.2 Å². The molecular formula is C11H20N4OS. The smallest absolute Gasteiger partial charge is 0.144 e. The first kappa shape index (κ1) is 13.9. The van der Waals surface area contributed by atoms with E-state index in [1.54, 1.807) is 11.8 Å². The third-order valence-electron chi connectivity index (χ3n) is 2.74. The van der Waals surface area contributed by atoms with Gasteiger partial charge in [-0.3, -0.25) is 4.68 Å². The van der Waals surface area contributed by atoms with Crippen molar-refractivity contribution in [3.63, 3.8) is 0 Å². The summed E-state index contributed by atoms with van der Waals surface area (Å²) in [4.78, 5) is 0. The molecule has 0 amide bonds. The summed E-state index contributed by atoms with van der Waals surface area (Å²) in [5.74, 6) is 1.18. The number of hydrogen-bond acceptors (Lipinski definition) is 4. The molecule has 0 radical (unpaired) electrons. The lowest BCUT2D eigenvalue weighted by atomic mass is 9.89. The summed E-state index contributed by atoms with van der Waals surface area (Å²) in [6.07, 6.45) is 0.845. The second-order valence-electron chi connectivity index (χ2n) is 4.72. The minimum Gasteiger partial charge on any atom is -0.409 e. The van der Waals surface area contributed by atoms with E-state index < -0.39 is 0 Å². The van der Waals surface area contributed by atoms with Gasteiger partial charge in [0.2, 0.25) is 0 Å². The highest BCUT2D eigenvalue weighted by Crippen LogP contribution is 2.26. The molecule has 0 fully saturated rings. The number of nitrogens with two attached hydrogens (primary N) is 1. The Morgan fingerprint density at radius 3 is 2.76 bits per heavy atom. The van der Waals surface area contributed by atoms with E-state index in [-0.39, 0.29) is 11.3 Å². The molecule has 0 spiro atoms. The molecule has 0 atom stereocenters. The number of nitrogens with zero attached hydrogens (tertiary/aromatic N) is 3. The van der Waals surface area contributed by atoms with Gasteiger partial charge in [0.1, 0.15) is 5.84 Å². The van der Waals surface area contributed by atoms with Gasteiger partial charge < -0.3 is 10.9 Å². The van der Waals surface area contributed by atoms with Gasteiger partial charge >= 0.3 is 0 Å². The van der Waals surface area contributed by atoms with Gasteiger partial charge in [-0.1, -0.05) is 19.0 Å². The van der Waals surface area contributed by atoms with E-state index in [1.807, 2.05) is 32.5 Å². The van der Waals surface area contributed by atoms with E-state index in [9.17, 15) is 0 Å². The van der Waals surface area contributed by atoms with Crippen LogP contribution in [0, 0.1) is 12.3 Å². The summed E-state index contributed by atoms with van der Waals surface area (Å²) in [6, 6.07) is 2.06. The van der Waals surface area contributed by atoms with Gasteiger partial charge in [-0.05, 0) is 19.4 Å². The van der Waals surface area contributed by atoms with Crippen molar-refractivity contribution >= 4 is 17.6 Å². The Bertz CT molecular complexity index is 412. The standard InChI is InChI=1S/C11H20N4OS/c1-8-7-9(15(4)13-8)17-6-5-11(2,3)10(12)14-16/h7,16H,5-6H2,1-4H3,(H2,12,14). The normalized spacial score (nSPS) is 13.1. The maximum absolute atomic E-state index is 8.68. The first-order valence-electron chi connectivity index (χ1n) is 5.48. The average Bonchev–Trinajstić information content (AvgIpc) is 2.56. The number of oxime groups is 1. The highest BCUT2D eigenvalue weighted by molar-refractivity contribution is 7.99. The van der Waals surface area contributed by atoms with Gasteiger partial charge in [-0.25, -0.2) is 0 Å². The first-order valence-corrected chi connectivity index (χ1v) is 6.47. The zero-order valence-electron chi connectivity index (χ0n) is 10.8. The Morgan fingerprint density at radius 1 is 1.65 bits per heavy atom. The zero-order valence-corrected chi connectivity index (χ0v) is 11.6. The molecular weight excluding hydrogens is 236 g/mol. The second kappa shape index (κ2) is 5.44. The second-order valence-corrected chi connectivity index (χ2v) is 5.83. The predicted molar refractivity (Wildman–Crippen MR) is 70.5 cm³/mol. The Labute approximate surface area is 106 Å². The molecule has 0 aliphatic rings. The quantitative estimate of drug-likeness (QED) is 0.278. The highest BCUT2D eigenvalue weighted by Gasteiger charge is 2.23. The van der Waals surface area contributed by atoms with Gasteiger partial charge in [0.05, 0.1) is 10.7 Å². The Morgan fingerprint density at radius 2 is 2.29 bits per heavy atom. The molecule has 1 heterocycles. The van der Waals surface area contributed by atoms with Gasteiger partial charge in [0.25, 0.3) is 0 Å². The number of amidine groups is 1. The van der Waals surface area contributed by atoms with E-state index >= 15 is 0 Å². The first-order chi connectivity index (χ1) is 7.86. The Balaban J connectivity index is 2.51. The van der Waals surface area contributed by atoms with Crippen LogP contribution < -0.4 is 5.73 Å². The predicted octanol–water partition coefficient (Wildman–Crippen LogP) is 1.98. The summed E-state index contributed by atoms with van der Waals surface area (Å²) in [5.41, 5.74) is 6.37. The number of thioether (sulfide) groups is 1. The molecule has 3 N–H and O–H groups in total. The lowest BCUT2D eigenvalue weighted by Crippen LogP contribution is -2.32.